The van der Waals surface area contributed by atoms with Crippen LogP contribution in [0.25, 0.3) is 0 Å². The number of rotatable bonds is 6. The minimum Gasteiger partial charge on any atom is -0.383 e. The van der Waals surface area contributed by atoms with Gasteiger partial charge in [-0.3, -0.25) is 9.78 Å². The summed E-state index contributed by atoms with van der Waals surface area (Å²) in [6, 6.07) is 2.25. The summed E-state index contributed by atoms with van der Waals surface area (Å²) >= 11 is 0. The third-order valence-electron chi connectivity index (χ3n) is 3.98. The summed E-state index contributed by atoms with van der Waals surface area (Å²) in [6.07, 6.45) is 9.25. The van der Waals surface area contributed by atoms with Gasteiger partial charge < -0.3 is 10.2 Å². The first kappa shape index (κ1) is 14.8. The largest absolute Gasteiger partial charge is 0.383 e. The highest BCUT2D eigenvalue weighted by Gasteiger charge is 2.27. The second-order valence-electron chi connectivity index (χ2n) is 5.38. The molecule has 1 aliphatic rings. The van der Waals surface area contributed by atoms with Gasteiger partial charge in [0.05, 0.1) is 17.4 Å². The molecule has 20 heavy (non-hydrogen) atoms. The van der Waals surface area contributed by atoms with Gasteiger partial charge in [-0.2, -0.15) is 0 Å². The molecule has 1 saturated carbocycles. The predicted octanol–water partition coefficient (Wildman–Crippen LogP) is 3.31. The van der Waals surface area contributed by atoms with E-state index in [-0.39, 0.29) is 5.91 Å². The van der Waals surface area contributed by atoms with Crippen LogP contribution in [0.5, 0.6) is 0 Å². The van der Waals surface area contributed by atoms with Crippen molar-refractivity contribution < 1.29 is 4.79 Å². The lowest BCUT2D eigenvalue weighted by molar-refractivity contribution is 0.0694. The van der Waals surface area contributed by atoms with Crippen LogP contribution >= 0.6 is 0 Å². The first-order valence-corrected chi connectivity index (χ1v) is 7.76. The summed E-state index contributed by atoms with van der Waals surface area (Å²) < 4.78 is 0. The lowest BCUT2D eigenvalue weighted by Crippen LogP contribution is -2.39. The van der Waals surface area contributed by atoms with E-state index in [1.165, 1.54) is 12.8 Å². The summed E-state index contributed by atoms with van der Waals surface area (Å²) in [5.41, 5.74) is 1.61. The molecule has 1 aliphatic carbocycles. The van der Waals surface area contributed by atoms with Crippen LogP contribution in [-0.4, -0.2) is 34.9 Å². The zero-order valence-corrected chi connectivity index (χ0v) is 12.6. The Bertz CT molecular complexity index is 441. The van der Waals surface area contributed by atoms with Crippen molar-refractivity contribution in [2.75, 3.05) is 18.4 Å². The Morgan fingerprint density at radius 2 is 2.15 bits per heavy atom. The second kappa shape index (κ2) is 7.27. The monoisotopic (exact) mass is 275 g/mol. The summed E-state index contributed by atoms with van der Waals surface area (Å²) in [6.45, 7) is 5.82. The van der Waals surface area contributed by atoms with Crippen LogP contribution in [0, 0.1) is 0 Å². The lowest BCUT2D eigenvalue weighted by atomic mass is 10.1. The highest BCUT2D eigenvalue weighted by atomic mass is 16.2. The number of aromatic nitrogens is 1. The summed E-state index contributed by atoms with van der Waals surface area (Å²) in [5, 5.41) is 3.30. The number of nitrogens with zero attached hydrogens (tertiary/aromatic N) is 2. The van der Waals surface area contributed by atoms with Crippen molar-refractivity contribution in [3.63, 3.8) is 0 Å². The summed E-state index contributed by atoms with van der Waals surface area (Å²) in [4.78, 5) is 19.0. The van der Waals surface area contributed by atoms with Gasteiger partial charge in [-0.25, -0.2) is 0 Å². The molecule has 1 fully saturated rings. The number of pyridine rings is 1. The number of carbonyl (C=O) groups excluding carboxylic acids is 1. The maximum Gasteiger partial charge on any atom is 0.256 e. The van der Waals surface area contributed by atoms with Gasteiger partial charge in [0.25, 0.3) is 5.91 Å². The van der Waals surface area contributed by atoms with Crippen LogP contribution in [0.2, 0.25) is 0 Å². The van der Waals surface area contributed by atoms with Crippen LogP contribution in [0.3, 0.4) is 0 Å². The molecule has 1 heterocycles. The average molecular weight is 275 g/mol. The van der Waals surface area contributed by atoms with E-state index >= 15 is 0 Å². The van der Waals surface area contributed by atoms with Crippen molar-refractivity contribution in [1.82, 2.24) is 9.88 Å². The fourth-order valence-corrected chi connectivity index (χ4v) is 2.92. The van der Waals surface area contributed by atoms with E-state index in [9.17, 15) is 4.79 Å². The molecule has 1 aromatic heterocycles. The second-order valence-corrected chi connectivity index (χ2v) is 5.38. The van der Waals surface area contributed by atoms with Gasteiger partial charge in [0, 0.05) is 25.3 Å². The quantitative estimate of drug-likeness (QED) is 0.866. The Morgan fingerprint density at radius 1 is 1.40 bits per heavy atom. The number of anilines is 1. The molecule has 0 radical (unpaired) electrons. The van der Waals surface area contributed by atoms with Crippen LogP contribution < -0.4 is 5.32 Å². The topological polar surface area (TPSA) is 45.2 Å². The van der Waals surface area contributed by atoms with E-state index in [1.54, 1.807) is 12.4 Å². The van der Waals surface area contributed by atoms with Crippen molar-refractivity contribution in [3.8, 4) is 0 Å². The number of hydrogen-bond acceptors (Lipinski definition) is 3. The molecule has 0 saturated heterocycles. The smallest absolute Gasteiger partial charge is 0.256 e. The molecule has 110 valence electrons. The first-order chi connectivity index (χ1) is 9.77. The number of amides is 1. The molecule has 4 nitrogen and oxygen atoms in total. The van der Waals surface area contributed by atoms with Crippen molar-refractivity contribution in [3.05, 3.63) is 24.0 Å². The van der Waals surface area contributed by atoms with Gasteiger partial charge >= 0.3 is 0 Å². The van der Waals surface area contributed by atoms with Crippen molar-refractivity contribution in [1.29, 1.82) is 0 Å². The van der Waals surface area contributed by atoms with Gasteiger partial charge in [0.1, 0.15) is 0 Å². The number of carbonyl (C=O) groups is 1. The third kappa shape index (κ3) is 3.30. The van der Waals surface area contributed by atoms with Gasteiger partial charge in [0.2, 0.25) is 0 Å². The SMILES string of the molecule is CCCNc1cnccc1C(=O)N(CC)C1CCCC1. The molecular formula is C16H25N3O. The maximum absolute atomic E-state index is 12.8. The summed E-state index contributed by atoms with van der Waals surface area (Å²) in [5.74, 6) is 0.139. The van der Waals surface area contributed by atoms with Crippen LogP contribution in [-0.2, 0) is 0 Å². The molecule has 1 aromatic rings. The van der Waals surface area contributed by atoms with E-state index in [1.807, 2.05) is 11.0 Å². The number of nitrogens with one attached hydrogen (secondary N) is 1. The molecule has 0 bridgehead atoms. The van der Waals surface area contributed by atoms with Crippen LogP contribution in [0.1, 0.15) is 56.3 Å². The van der Waals surface area contributed by atoms with E-state index in [0.29, 0.717) is 6.04 Å². The normalized spacial score (nSPS) is 15.3. The summed E-state index contributed by atoms with van der Waals surface area (Å²) in [7, 11) is 0. The first-order valence-electron chi connectivity index (χ1n) is 7.76. The Labute approximate surface area is 121 Å². The lowest BCUT2D eigenvalue weighted by Gasteiger charge is -2.28. The maximum atomic E-state index is 12.8. The van der Waals surface area contributed by atoms with Crippen molar-refractivity contribution in [2.45, 2.75) is 52.0 Å². The van der Waals surface area contributed by atoms with E-state index in [4.69, 9.17) is 0 Å². The van der Waals surface area contributed by atoms with Crippen molar-refractivity contribution >= 4 is 11.6 Å². The Balaban J connectivity index is 2.17. The zero-order valence-electron chi connectivity index (χ0n) is 12.6. The highest BCUT2D eigenvalue weighted by Crippen LogP contribution is 2.26. The van der Waals surface area contributed by atoms with Crippen molar-refractivity contribution in [2.24, 2.45) is 0 Å². The van der Waals surface area contributed by atoms with Gasteiger partial charge in [0.15, 0.2) is 0 Å². The molecule has 0 aliphatic heterocycles. The standard InChI is InChI=1S/C16H25N3O/c1-3-10-18-15-12-17-11-9-14(15)16(20)19(4-2)13-7-5-6-8-13/h9,11-13,18H,3-8,10H2,1-2H3. The highest BCUT2D eigenvalue weighted by molar-refractivity contribution is 5.99. The molecule has 0 atom stereocenters. The zero-order chi connectivity index (χ0) is 14.4. The molecule has 0 aromatic carbocycles. The van der Waals surface area contributed by atoms with Gasteiger partial charge in [-0.1, -0.05) is 19.8 Å². The van der Waals surface area contributed by atoms with Gasteiger partial charge in [-0.05, 0) is 32.3 Å². The van der Waals surface area contributed by atoms with E-state index in [0.717, 1.165) is 43.6 Å². The third-order valence-corrected chi connectivity index (χ3v) is 3.98. The van der Waals surface area contributed by atoms with E-state index < -0.39 is 0 Å². The van der Waals surface area contributed by atoms with Crippen LogP contribution in [0.15, 0.2) is 18.5 Å². The minimum atomic E-state index is 0.139. The molecular weight excluding hydrogens is 250 g/mol. The van der Waals surface area contributed by atoms with Crippen LogP contribution in [0.4, 0.5) is 5.69 Å². The molecule has 0 spiro atoms. The molecule has 1 amide bonds. The minimum absolute atomic E-state index is 0.139. The Kier molecular flexibility index (Phi) is 5.39. The fraction of sp³-hybridized carbons (Fsp3) is 0.625. The fourth-order valence-electron chi connectivity index (χ4n) is 2.92. The van der Waals surface area contributed by atoms with Gasteiger partial charge in [-0.15, -0.1) is 0 Å². The Morgan fingerprint density at radius 3 is 2.80 bits per heavy atom. The predicted molar refractivity (Wildman–Crippen MR) is 82.0 cm³/mol. The molecule has 4 heteroatoms. The molecule has 1 N–H and O–H groups in total. The molecule has 0 unspecified atom stereocenters. The average Bonchev–Trinajstić information content (AvgIpc) is 3.00. The number of hydrogen-bond donors (Lipinski definition) is 1. The van der Waals surface area contributed by atoms with E-state index in [2.05, 4.69) is 24.1 Å². The molecule has 2 rings (SSSR count). The Hall–Kier alpha value is -1.58.